The molecule has 0 aliphatic rings. The first kappa shape index (κ1) is 29.2. The van der Waals surface area contributed by atoms with Gasteiger partial charge in [0.25, 0.3) is 0 Å². The van der Waals surface area contributed by atoms with Gasteiger partial charge in [-0.3, -0.25) is 0 Å². The first-order chi connectivity index (χ1) is 19.7. The second kappa shape index (κ2) is 15.2. The molecule has 0 saturated heterocycles. The van der Waals surface area contributed by atoms with Crippen LogP contribution in [0.5, 0.6) is 0 Å². The molecule has 4 aromatic rings. The lowest BCUT2D eigenvalue weighted by Gasteiger charge is -2.31. The van der Waals surface area contributed by atoms with Gasteiger partial charge in [0.1, 0.15) is 5.76 Å². The van der Waals surface area contributed by atoms with Gasteiger partial charge in [-0.1, -0.05) is 121 Å². The highest BCUT2D eigenvalue weighted by atomic mass is 28.4. The average Bonchev–Trinajstić information content (AvgIpc) is 3.01. The van der Waals surface area contributed by atoms with Gasteiger partial charge in [-0.25, -0.2) is 0 Å². The van der Waals surface area contributed by atoms with Crippen molar-refractivity contribution in [3.8, 4) is 0 Å². The summed E-state index contributed by atoms with van der Waals surface area (Å²) in [6.07, 6.45) is 2.90. The van der Waals surface area contributed by atoms with Gasteiger partial charge in [-0.15, -0.1) is 0 Å². The van der Waals surface area contributed by atoms with Gasteiger partial charge >= 0.3 is 8.80 Å². The van der Waals surface area contributed by atoms with E-state index in [-0.39, 0.29) is 0 Å². The highest BCUT2D eigenvalue weighted by Crippen LogP contribution is 2.35. The molecule has 4 aromatic carbocycles. The Balaban J connectivity index is 2.05. The maximum absolute atomic E-state index is 7.11. The van der Waals surface area contributed by atoms with Crippen molar-refractivity contribution in [2.45, 2.75) is 26.3 Å². The lowest BCUT2D eigenvalue weighted by atomic mass is 9.93. The highest BCUT2D eigenvalue weighted by molar-refractivity contribution is 6.61. The summed E-state index contributed by atoms with van der Waals surface area (Å²) in [7, 11) is -3.16. The van der Waals surface area contributed by atoms with Gasteiger partial charge in [0.05, 0.1) is 0 Å². The van der Waals surface area contributed by atoms with E-state index in [4.69, 9.17) is 19.0 Å². The maximum atomic E-state index is 7.11. The number of hydrogen-bond donors (Lipinski definition) is 1. The van der Waals surface area contributed by atoms with Crippen molar-refractivity contribution in [1.29, 1.82) is 0 Å². The van der Waals surface area contributed by atoms with Gasteiger partial charge < -0.3 is 19.0 Å². The van der Waals surface area contributed by atoms with Crippen molar-refractivity contribution in [1.82, 2.24) is 0 Å². The fourth-order valence-electron chi connectivity index (χ4n) is 4.74. The minimum Gasteiger partial charge on any atom is -0.500 e. The molecule has 0 bridgehead atoms. The summed E-state index contributed by atoms with van der Waals surface area (Å²) in [6, 6.07) is 42.2. The first-order valence-electron chi connectivity index (χ1n) is 14.0. The lowest BCUT2D eigenvalue weighted by molar-refractivity contribution is 0.0944. The van der Waals surface area contributed by atoms with Crippen molar-refractivity contribution in [2.75, 3.05) is 19.8 Å². The van der Waals surface area contributed by atoms with Crippen LogP contribution in [0.2, 0.25) is 6.04 Å². The van der Waals surface area contributed by atoms with E-state index in [9.17, 15) is 0 Å². The number of allylic oxidation sites excluding steroid dienone is 1. The van der Waals surface area contributed by atoms with E-state index in [0.717, 1.165) is 39.8 Å². The highest BCUT2D eigenvalue weighted by Gasteiger charge is 2.43. The third-order valence-electron chi connectivity index (χ3n) is 6.50. The molecule has 0 spiro atoms. The zero-order valence-corrected chi connectivity index (χ0v) is 24.5. The molecule has 0 unspecified atom stereocenters. The minimum atomic E-state index is -3.16. The van der Waals surface area contributed by atoms with E-state index in [2.05, 4.69) is 103 Å². The van der Waals surface area contributed by atoms with Crippen molar-refractivity contribution in [3.63, 3.8) is 0 Å². The molecule has 2 N–H and O–H groups in total. The Kier molecular flexibility index (Phi) is 11.1. The summed E-state index contributed by atoms with van der Waals surface area (Å²) in [4.78, 5) is 0. The van der Waals surface area contributed by atoms with Crippen LogP contribution in [-0.2, 0) is 13.3 Å². The Morgan fingerprint density at radius 3 is 1.40 bits per heavy atom. The van der Waals surface area contributed by atoms with Crippen LogP contribution >= 0.6 is 0 Å². The summed E-state index contributed by atoms with van der Waals surface area (Å²) < 4.78 is 19.9. The minimum absolute atomic E-state index is 0.490. The average molecular weight is 550 g/mol. The summed E-state index contributed by atoms with van der Waals surface area (Å²) in [5.74, 6) is 0.714. The van der Waals surface area contributed by atoms with E-state index in [1.165, 1.54) is 0 Å². The molecule has 206 valence electrons. The van der Waals surface area contributed by atoms with E-state index in [1.54, 1.807) is 0 Å². The van der Waals surface area contributed by atoms with Crippen LogP contribution in [0.3, 0.4) is 0 Å². The van der Waals surface area contributed by atoms with Crippen LogP contribution in [0, 0.1) is 0 Å². The fraction of sp³-hybridized carbons (Fsp3) is 0.200. The molecule has 40 heavy (non-hydrogen) atoms. The SMILES string of the molecule is CCO[Si](CCCN)(OCC)OC(C=C(c1ccccc1)c1ccccc1)=C(c1ccccc1)c1ccccc1. The Labute approximate surface area is 240 Å². The normalized spacial score (nSPS) is 11.1. The van der Waals surface area contributed by atoms with Gasteiger partial charge in [-0.05, 0) is 60.7 Å². The van der Waals surface area contributed by atoms with Crippen molar-refractivity contribution < 1.29 is 13.3 Å². The van der Waals surface area contributed by atoms with Crippen LogP contribution in [0.15, 0.2) is 133 Å². The maximum Gasteiger partial charge on any atom is 0.566 e. The van der Waals surface area contributed by atoms with Crippen LogP contribution in [0.4, 0.5) is 0 Å². The standard InChI is InChI=1S/C35H39NO3Si/c1-3-37-40(38-4-2,27-17-26-36)39-34(35(31-22-13-7-14-23-31)32-24-15-8-16-25-32)28-33(29-18-9-5-10-19-29)30-20-11-6-12-21-30/h5-16,18-25,28H,3-4,17,26-27,36H2,1-2H3. The third kappa shape index (κ3) is 7.68. The molecule has 0 aromatic heterocycles. The van der Waals surface area contributed by atoms with Gasteiger partial charge in [0, 0.05) is 24.8 Å². The zero-order valence-electron chi connectivity index (χ0n) is 23.5. The molecule has 0 amide bonds. The van der Waals surface area contributed by atoms with Gasteiger partial charge in [0.2, 0.25) is 0 Å². The van der Waals surface area contributed by atoms with Crippen molar-refractivity contribution >= 4 is 20.0 Å². The predicted molar refractivity (Wildman–Crippen MR) is 167 cm³/mol. The van der Waals surface area contributed by atoms with Gasteiger partial charge in [-0.2, -0.15) is 0 Å². The number of benzene rings is 4. The Morgan fingerprint density at radius 1 is 0.625 bits per heavy atom. The zero-order chi connectivity index (χ0) is 28.0. The Morgan fingerprint density at radius 2 is 1.02 bits per heavy atom. The summed E-state index contributed by atoms with van der Waals surface area (Å²) in [5, 5.41) is 0. The van der Waals surface area contributed by atoms with Crippen LogP contribution in [0.25, 0.3) is 11.1 Å². The number of rotatable bonds is 14. The Hall–Kier alpha value is -3.74. The summed E-state index contributed by atoms with van der Waals surface area (Å²) in [5.41, 5.74) is 12.3. The molecule has 4 nitrogen and oxygen atoms in total. The summed E-state index contributed by atoms with van der Waals surface area (Å²) in [6.45, 7) is 5.49. The fourth-order valence-corrected chi connectivity index (χ4v) is 7.34. The molecule has 0 atom stereocenters. The number of hydrogen-bond acceptors (Lipinski definition) is 4. The lowest BCUT2D eigenvalue weighted by Crippen LogP contribution is -2.46. The topological polar surface area (TPSA) is 53.7 Å². The van der Waals surface area contributed by atoms with Crippen molar-refractivity contribution in [3.05, 3.63) is 155 Å². The van der Waals surface area contributed by atoms with E-state index in [1.807, 2.05) is 38.1 Å². The molecule has 0 heterocycles. The molecule has 0 aliphatic heterocycles. The largest absolute Gasteiger partial charge is 0.566 e. The van der Waals surface area contributed by atoms with Crippen LogP contribution in [0.1, 0.15) is 42.5 Å². The van der Waals surface area contributed by atoms with Gasteiger partial charge in [0.15, 0.2) is 0 Å². The molecule has 0 saturated carbocycles. The molecular weight excluding hydrogens is 510 g/mol. The van der Waals surface area contributed by atoms with E-state index >= 15 is 0 Å². The summed E-state index contributed by atoms with van der Waals surface area (Å²) >= 11 is 0. The smallest absolute Gasteiger partial charge is 0.500 e. The predicted octanol–water partition coefficient (Wildman–Crippen LogP) is 7.96. The second-order valence-corrected chi connectivity index (χ2v) is 12.0. The second-order valence-electron chi connectivity index (χ2n) is 9.30. The van der Waals surface area contributed by atoms with Crippen LogP contribution in [-0.4, -0.2) is 28.6 Å². The first-order valence-corrected chi connectivity index (χ1v) is 16.0. The van der Waals surface area contributed by atoms with E-state index in [0.29, 0.717) is 31.6 Å². The third-order valence-corrected chi connectivity index (χ3v) is 9.45. The molecule has 0 aliphatic carbocycles. The monoisotopic (exact) mass is 549 g/mol. The molecule has 5 heteroatoms. The molecule has 0 radical (unpaired) electrons. The Bertz CT molecular complexity index is 1270. The van der Waals surface area contributed by atoms with Crippen LogP contribution < -0.4 is 5.73 Å². The quantitative estimate of drug-likeness (QED) is 0.0985. The molecule has 0 fully saturated rings. The van der Waals surface area contributed by atoms with E-state index < -0.39 is 8.80 Å². The molecular formula is C35H39NO3Si. The van der Waals surface area contributed by atoms with Crippen molar-refractivity contribution in [2.24, 2.45) is 5.73 Å². The number of nitrogens with two attached hydrogens (primary N) is 1. The molecule has 4 rings (SSSR count).